The molecule has 12 heteroatoms. The van der Waals surface area contributed by atoms with Gasteiger partial charge in [-0.15, -0.1) is 0 Å². The zero-order valence-corrected chi connectivity index (χ0v) is 29.0. The average Bonchev–Trinajstić information content (AvgIpc) is 3.93. The molecule has 4 aromatic rings. The number of rotatable bonds is 12. The summed E-state index contributed by atoms with van der Waals surface area (Å²) in [6.07, 6.45) is 5.91. The Labute approximate surface area is 292 Å². The van der Waals surface area contributed by atoms with E-state index in [4.69, 9.17) is 28.1 Å². The van der Waals surface area contributed by atoms with Gasteiger partial charge in [0.05, 0.1) is 23.3 Å². The molecular weight excluding hydrogens is 660 g/mol. The number of fused-ring (bicyclic) bond motifs is 1. The highest BCUT2D eigenvalue weighted by atomic mass is 32.2. The van der Waals surface area contributed by atoms with Gasteiger partial charge in [0.2, 0.25) is 16.8 Å². The molecule has 1 amide bonds. The van der Waals surface area contributed by atoms with Gasteiger partial charge in [-0.1, -0.05) is 55.3 Å². The largest absolute Gasteiger partial charge is 0.489 e. The van der Waals surface area contributed by atoms with Gasteiger partial charge < -0.3 is 28.1 Å². The average molecular weight is 703 g/mol. The normalized spacial score (nSPS) is 20.0. The number of carbonyl (C=O) groups excluding carboxylic acids is 1. The van der Waals surface area contributed by atoms with Crippen molar-refractivity contribution in [2.45, 2.75) is 75.3 Å². The first-order valence-corrected chi connectivity index (χ1v) is 18.5. The Morgan fingerprint density at radius 2 is 1.66 bits per heavy atom. The van der Waals surface area contributed by atoms with E-state index in [9.17, 15) is 13.2 Å². The monoisotopic (exact) mass is 702 g/mol. The van der Waals surface area contributed by atoms with Gasteiger partial charge >= 0.3 is 6.09 Å². The van der Waals surface area contributed by atoms with E-state index in [0.29, 0.717) is 36.8 Å². The van der Waals surface area contributed by atoms with Gasteiger partial charge in [-0.25, -0.2) is 13.2 Å². The zero-order chi connectivity index (χ0) is 34.7. The fourth-order valence-electron chi connectivity index (χ4n) is 7.11. The van der Waals surface area contributed by atoms with E-state index in [2.05, 4.69) is 0 Å². The third-order valence-electron chi connectivity index (χ3n) is 9.60. The number of nitrogens with zero attached hydrogens (tertiary/aromatic N) is 2. The molecule has 1 aromatic heterocycles. The molecule has 0 spiro atoms. The molecule has 0 unspecified atom stereocenters. The zero-order valence-electron chi connectivity index (χ0n) is 28.2. The van der Waals surface area contributed by atoms with Crippen LogP contribution in [0.5, 0.6) is 23.0 Å². The van der Waals surface area contributed by atoms with E-state index >= 15 is 0 Å². The molecule has 0 N–H and O–H groups in total. The Morgan fingerprint density at radius 1 is 0.900 bits per heavy atom. The molecule has 2 atom stereocenters. The number of amides is 1. The van der Waals surface area contributed by atoms with Crippen molar-refractivity contribution >= 4 is 16.1 Å². The summed E-state index contributed by atoms with van der Waals surface area (Å²) in [5, 5.41) is 0. The van der Waals surface area contributed by atoms with Crippen molar-refractivity contribution in [1.82, 2.24) is 9.21 Å². The minimum absolute atomic E-state index is 0.0368. The van der Waals surface area contributed by atoms with Gasteiger partial charge in [-0.3, -0.25) is 4.90 Å². The number of carbonyl (C=O) groups is 1. The standard InChI is InChI=1S/C38H42N2O9S/c1-38(2)40(37(41)48-31-18-19-44-25-31)33(20-27-12-14-30(15-13-27)45-24-29-10-4-3-5-11-29)36(49-38)23-39(22-28-8-6-7-9-28)50(42,43)32-16-17-34-35(21-32)47-26-46-34/h3-5,10-19,21,25,28,33,36H,6-9,20,22-24,26H2,1-2H3/t33-,36+/m0/s1. The van der Waals surface area contributed by atoms with Gasteiger partial charge in [-0.2, -0.15) is 4.31 Å². The van der Waals surface area contributed by atoms with Crippen molar-refractivity contribution in [3.63, 3.8) is 0 Å². The molecule has 50 heavy (non-hydrogen) atoms. The van der Waals surface area contributed by atoms with E-state index in [0.717, 1.165) is 36.8 Å². The van der Waals surface area contributed by atoms with Crippen LogP contribution in [-0.2, 0) is 27.8 Å². The lowest BCUT2D eigenvalue weighted by atomic mass is 9.99. The first-order valence-electron chi connectivity index (χ1n) is 17.0. The first-order chi connectivity index (χ1) is 24.2. The molecular formula is C38H42N2O9S. The lowest BCUT2D eigenvalue weighted by molar-refractivity contribution is -0.0682. The van der Waals surface area contributed by atoms with Crippen LogP contribution in [0.4, 0.5) is 4.79 Å². The van der Waals surface area contributed by atoms with Gasteiger partial charge in [0, 0.05) is 25.2 Å². The van der Waals surface area contributed by atoms with Crippen LogP contribution in [0.1, 0.15) is 50.7 Å². The van der Waals surface area contributed by atoms with Gasteiger partial charge in [0.15, 0.2) is 17.2 Å². The van der Waals surface area contributed by atoms with E-state index in [-0.39, 0.29) is 29.9 Å². The Kier molecular flexibility index (Phi) is 9.76. The summed E-state index contributed by atoms with van der Waals surface area (Å²) >= 11 is 0. The summed E-state index contributed by atoms with van der Waals surface area (Å²) in [5.41, 5.74) is 0.876. The topological polar surface area (TPSA) is 117 Å². The predicted molar refractivity (Wildman–Crippen MR) is 184 cm³/mol. The number of sulfonamides is 1. The van der Waals surface area contributed by atoms with Crippen LogP contribution in [0.15, 0.2) is 101 Å². The molecule has 0 bridgehead atoms. The molecule has 0 radical (unpaired) electrons. The quantitative estimate of drug-likeness (QED) is 0.154. The first kappa shape index (κ1) is 34.0. The maximum absolute atomic E-state index is 14.4. The van der Waals surface area contributed by atoms with Crippen molar-refractivity contribution in [2.75, 3.05) is 19.9 Å². The minimum Gasteiger partial charge on any atom is -0.489 e. The number of furan rings is 1. The summed E-state index contributed by atoms with van der Waals surface area (Å²) in [6.45, 7) is 4.46. The Balaban J connectivity index is 1.17. The van der Waals surface area contributed by atoms with E-state index in [1.165, 1.54) is 22.9 Å². The molecule has 1 aliphatic carbocycles. The lowest BCUT2D eigenvalue weighted by Gasteiger charge is -2.33. The minimum atomic E-state index is -3.99. The van der Waals surface area contributed by atoms with E-state index in [1.807, 2.05) is 54.6 Å². The summed E-state index contributed by atoms with van der Waals surface area (Å²) in [6, 6.07) is 23.3. The van der Waals surface area contributed by atoms with Crippen molar-refractivity contribution in [3.8, 4) is 23.0 Å². The van der Waals surface area contributed by atoms with Crippen LogP contribution >= 0.6 is 0 Å². The number of hydrogen-bond donors (Lipinski definition) is 0. The van der Waals surface area contributed by atoms with Crippen LogP contribution in [0, 0.1) is 5.92 Å². The second-order valence-electron chi connectivity index (χ2n) is 13.5. The molecule has 264 valence electrons. The van der Waals surface area contributed by atoms with E-state index in [1.54, 1.807) is 36.9 Å². The van der Waals surface area contributed by atoms with Crippen LogP contribution in [-0.4, -0.2) is 61.5 Å². The Hall–Kier alpha value is -4.52. The predicted octanol–water partition coefficient (Wildman–Crippen LogP) is 7.02. The van der Waals surface area contributed by atoms with Crippen LogP contribution in [0.2, 0.25) is 0 Å². The number of benzene rings is 3. The molecule has 2 aliphatic heterocycles. The van der Waals surface area contributed by atoms with Gasteiger partial charge in [-0.05, 0) is 74.4 Å². The molecule has 3 aliphatic rings. The van der Waals surface area contributed by atoms with Crippen molar-refractivity contribution in [3.05, 3.63) is 103 Å². The molecule has 11 nitrogen and oxygen atoms in total. The third kappa shape index (κ3) is 7.47. The molecule has 1 saturated heterocycles. The van der Waals surface area contributed by atoms with Crippen molar-refractivity contribution in [2.24, 2.45) is 5.92 Å². The van der Waals surface area contributed by atoms with Crippen LogP contribution < -0.4 is 18.9 Å². The molecule has 7 rings (SSSR count). The molecule has 3 heterocycles. The van der Waals surface area contributed by atoms with Crippen LogP contribution in [0.25, 0.3) is 0 Å². The fourth-order valence-corrected chi connectivity index (χ4v) is 8.66. The summed E-state index contributed by atoms with van der Waals surface area (Å²) < 4.78 is 64.8. The second kappa shape index (κ2) is 14.4. The SMILES string of the molecule is CC1(C)O[C@H](CN(CC2CCCC2)S(=O)(=O)c2ccc3c(c2)OCO3)[C@H](Cc2ccc(OCc3ccccc3)cc2)N1C(=O)Oc1ccoc1. The summed E-state index contributed by atoms with van der Waals surface area (Å²) in [7, 11) is -3.99. The Bertz CT molecular complexity index is 1860. The maximum atomic E-state index is 14.4. The third-order valence-corrected chi connectivity index (χ3v) is 11.4. The second-order valence-corrected chi connectivity index (χ2v) is 15.4. The molecule has 1 saturated carbocycles. The van der Waals surface area contributed by atoms with Gasteiger partial charge in [0.25, 0.3) is 0 Å². The lowest BCUT2D eigenvalue weighted by Crippen LogP contribution is -2.51. The maximum Gasteiger partial charge on any atom is 0.417 e. The number of hydrogen-bond acceptors (Lipinski definition) is 9. The molecule has 3 aromatic carbocycles. The van der Waals surface area contributed by atoms with E-state index < -0.39 is 34.0 Å². The highest BCUT2D eigenvalue weighted by Crippen LogP contribution is 2.39. The van der Waals surface area contributed by atoms with Crippen LogP contribution in [0.3, 0.4) is 0 Å². The smallest absolute Gasteiger partial charge is 0.417 e. The highest BCUT2D eigenvalue weighted by molar-refractivity contribution is 7.89. The fraction of sp³-hybridized carbons (Fsp3) is 0.395. The number of ether oxygens (including phenoxy) is 5. The Morgan fingerprint density at radius 3 is 2.40 bits per heavy atom. The molecule has 2 fully saturated rings. The summed E-state index contributed by atoms with van der Waals surface area (Å²) in [4.78, 5) is 15.5. The van der Waals surface area contributed by atoms with Crippen molar-refractivity contribution in [1.29, 1.82) is 0 Å². The van der Waals surface area contributed by atoms with Crippen molar-refractivity contribution < 1.29 is 41.3 Å². The van der Waals surface area contributed by atoms with Gasteiger partial charge in [0.1, 0.15) is 24.3 Å². The summed E-state index contributed by atoms with van der Waals surface area (Å²) in [5.74, 6) is 2.10. The highest BCUT2D eigenvalue weighted by Gasteiger charge is 2.52.